The van der Waals surface area contributed by atoms with E-state index in [0.717, 1.165) is 12.8 Å². The van der Waals surface area contributed by atoms with Crippen LogP contribution in [0.3, 0.4) is 0 Å². The van der Waals surface area contributed by atoms with Gasteiger partial charge < -0.3 is 9.73 Å². The Morgan fingerprint density at radius 1 is 1.60 bits per heavy atom. The van der Waals surface area contributed by atoms with Crippen LogP contribution in [0.2, 0.25) is 0 Å². The molecule has 1 saturated carbocycles. The van der Waals surface area contributed by atoms with Crippen molar-refractivity contribution in [2.45, 2.75) is 24.6 Å². The largest absolute Gasteiger partial charge is 0.472 e. The third-order valence-corrected chi connectivity index (χ3v) is 3.45. The average Bonchev–Trinajstić information content (AvgIpc) is 2.85. The van der Waals surface area contributed by atoms with Crippen molar-refractivity contribution in [1.82, 2.24) is 5.32 Å². The zero-order chi connectivity index (χ0) is 10.7. The molecule has 1 heterocycles. The van der Waals surface area contributed by atoms with Gasteiger partial charge in [0.1, 0.15) is 6.26 Å². The molecule has 0 bridgehead atoms. The van der Waals surface area contributed by atoms with E-state index in [2.05, 4.69) is 5.32 Å². The first-order chi connectivity index (χ1) is 7.27. The van der Waals surface area contributed by atoms with Gasteiger partial charge in [-0.05, 0) is 24.8 Å². The Hall–Kier alpha value is -0.960. The molecule has 0 radical (unpaired) electrons. The summed E-state index contributed by atoms with van der Waals surface area (Å²) in [5, 5.41) is 3.09. The number of furan rings is 1. The SMILES string of the molecule is O=C(NCC1CCCC1Cl)c1ccoc1. The molecule has 2 atom stereocenters. The molecule has 1 aliphatic rings. The van der Waals surface area contributed by atoms with Gasteiger partial charge in [0.2, 0.25) is 0 Å². The number of alkyl halides is 1. The topological polar surface area (TPSA) is 42.2 Å². The summed E-state index contributed by atoms with van der Waals surface area (Å²) in [4.78, 5) is 11.6. The molecule has 4 heteroatoms. The second-order valence-corrected chi connectivity index (χ2v) is 4.49. The van der Waals surface area contributed by atoms with Crippen molar-refractivity contribution in [2.75, 3.05) is 6.54 Å². The maximum Gasteiger partial charge on any atom is 0.254 e. The summed E-state index contributed by atoms with van der Waals surface area (Å²) in [7, 11) is 0. The van der Waals surface area contributed by atoms with Crippen LogP contribution >= 0.6 is 11.6 Å². The highest BCUT2D eigenvalue weighted by Crippen LogP contribution is 2.29. The Kier molecular flexibility index (Phi) is 3.31. The summed E-state index contributed by atoms with van der Waals surface area (Å²) in [5.74, 6) is 0.335. The van der Waals surface area contributed by atoms with E-state index >= 15 is 0 Å². The van der Waals surface area contributed by atoms with Crippen LogP contribution in [0.15, 0.2) is 23.0 Å². The summed E-state index contributed by atoms with van der Waals surface area (Å²) in [6.45, 7) is 0.665. The molecule has 0 spiro atoms. The predicted octanol–water partition coefficient (Wildman–Crippen LogP) is 2.42. The summed E-state index contributed by atoms with van der Waals surface area (Å²) in [6.07, 6.45) is 6.28. The van der Waals surface area contributed by atoms with E-state index in [1.165, 1.54) is 18.9 Å². The van der Waals surface area contributed by atoms with E-state index in [-0.39, 0.29) is 11.3 Å². The van der Waals surface area contributed by atoms with Crippen molar-refractivity contribution in [3.8, 4) is 0 Å². The summed E-state index contributed by atoms with van der Waals surface area (Å²) in [5.41, 5.74) is 0.569. The second-order valence-electron chi connectivity index (χ2n) is 3.93. The van der Waals surface area contributed by atoms with E-state index in [1.807, 2.05) is 0 Å². The molecule has 3 nitrogen and oxygen atoms in total. The molecule has 1 N–H and O–H groups in total. The minimum atomic E-state index is -0.0838. The molecule has 15 heavy (non-hydrogen) atoms. The lowest BCUT2D eigenvalue weighted by Crippen LogP contribution is -2.30. The Labute approximate surface area is 93.8 Å². The maximum atomic E-state index is 11.6. The molecule has 2 unspecified atom stereocenters. The Bertz CT molecular complexity index is 323. The Morgan fingerprint density at radius 3 is 3.07 bits per heavy atom. The molecule has 1 amide bonds. The zero-order valence-electron chi connectivity index (χ0n) is 8.41. The quantitative estimate of drug-likeness (QED) is 0.806. The predicted molar refractivity (Wildman–Crippen MR) is 58.0 cm³/mol. The number of nitrogens with one attached hydrogen (secondary N) is 1. The molecule has 82 valence electrons. The van der Waals surface area contributed by atoms with Crippen molar-refractivity contribution in [3.05, 3.63) is 24.2 Å². The Balaban J connectivity index is 1.81. The zero-order valence-corrected chi connectivity index (χ0v) is 9.17. The van der Waals surface area contributed by atoms with Crippen LogP contribution in [0.4, 0.5) is 0 Å². The Morgan fingerprint density at radius 2 is 2.47 bits per heavy atom. The maximum absolute atomic E-state index is 11.6. The lowest BCUT2D eigenvalue weighted by Gasteiger charge is -2.13. The van der Waals surface area contributed by atoms with E-state index in [4.69, 9.17) is 16.0 Å². The summed E-state index contributed by atoms with van der Waals surface area (Å²) >= 11 is 6.12. The number of halogens is 1. The minimum absolute atomic E-state index is 0.0838. The highest BCUT2D eigenvalue weighted by molar-refractivity contribution is 6.21. The van der Waals surface area contributed by atoms with Gasteiger partial charge >= 0.3 is 0 Å². The molecule has 0 saturated heterocycles. The fraction of sp³-hybridized carbons (Fsp3) is 0.545. The number of amides is 1. The number of rotatable bonds is 3. The molecule has 0 aromatic carbocycles. The molecular formula is C11H14ClNO2. The monoisotopic (exact) mass is 227 g/mol. The molecule has 1 aromatic heterocycles. The van der Waals surface area contributed by atoms with Gasteiger partial charge in [-0.1, -0.05) is 6.42 Å². The third-order valence-electron chi connectivity index (χ3n) is 2.87. The van der Waals surface area contributed by atoms with Crippen molar-refractivity contribution in [3.63, 3.8) is 0 Å². The number of hydrogen-bond donors (Lipinski definition) is 1. The van der Waals surface area contributed by atoms with Crippen molar-refractivity contribution >= 4 is 17.5 Å². The van der Waals surface area contributed by atoms with Crippen molar-refractivity contribution < 1.29 is 9.21 Å². The number of hydrogen-bond acceptors (Lipinski definition) is 2. The highest BCUT2D eigenvalue weighted by Gasteiger charge is 2.25. The van der Waals surface area contributed by atoms with Gasteiger partial charge in [-0.25, -0.2) is 0 Å². The molecule has 0 aliphatic heterocycles. The summed E-state index contributed by atoms with van der Waals surface area (Å²) in [6, 6.07) is 1.65. The van der Waals surface area contributed by atoms with E-state index in [0.29, 0.717) is 18.0 Å². The van der Waals surface area contributed by atoms with Crippen LogP contribution in [0.1, 0.15) is 29.6 Å². The van der Waals surface area contributed by atoms with E-state index in [9.17, 15) is 4.79 Å². The molecule has 2 rings (SSSR count). The third kappa shape index (κ3) is 2.53. The molecule has 1 aromatic rings. The van der Waals surface area contributed by atoms with Crippen molar-refractivity contribution in [1.29, 1.82) is 0 Å². The normalized spacial score (nSPS) is 25.4. The van der Waals surface area contributed by atoms with Gasteiger partial charge in [-0.15, -0.1) is 11.6 Å². The van der Waals surface area contributed by atoms with Crippen LogP contribution in [-0.4, -0.2) is 17.8 Å². The molecular weight excluding hydrogens is 214 g/mol. The first-order valence-corrected chi connectivity index (χ1v) is 5.65. The van der Waals surface area contributed by atoms with Crippen LogP contribution in [0.25, 0.3) is 0 Å². The lowest BCUT2D eigenvalue weighted by atomic mass is 10.1. The van der Waals surface area contributed by atoms with Gasteiger partial charge in [0.05, 0.1) is 11.8 Å². The molecule has 1 fully saturated rings. The number of carbonyl (C=O) groups excluding carboxylic acids is 1. The van der Waals surface area contributed by atoms with Gasteiger partial charge in [0, 0.05) is 11.9 Å². The van der Waals surface area contributed by atoms with Gasteiger partial charge in [-0.3, -0.25) is 4.79 Å². The first kappa shape index (κ1) is 10.6. The fourth-order valence-electron chi connectivity index (χ4n) is 1.94. The van der Waals surface area contributed by atoms with E-state index in [1.54, 1.807) is 6.07 Å². The second kappa shape index (κ2) is 4.71. The average molecular weight is 228 g/mol. The van der Waals surface area contributed by atoms with Gasteiger partial charge in [0.25, 0.3) is 5.91 Å². The lowest BCUT2D eigenvalue weighted by molar-refractivity contribution is 0.0947. The first-order valence-electron chi connectivity index (χ1n) is 5.22. The highest BCUT2D eigenvalue weighted by atomic mass is 35.5. The van der Waals surface area contributed by atoms with Crippen molar-refractivity contribution in [2.24, 2.45) is 5.92 Å². The van der Waals surface area contributed by atoms with Crippen LogP contribution in [0, 0.1) is 5.92 Å². The van der Waals surface area contributed by atoms with Crippen LogP contribution in [-0.2, 0) is 0 Å². The summed E-state index contributed by atoms with van der Waals surface area (Å²) < 4.78 is 4.84. The van der Waals surface area contributed by atoms with Gasteiger partial charge in [0.15, 0.2) is 0 Å². The fourth-order valence-corrected chi connectivity index (χ4v) is 2.31. The van der Waals surface area contributed by atoms with Gasteiger partial charge in [-0.2, -0.15) is 0 Å². The smallest absolute Gasteiger partial charge is 0.254 e. The van der Waals surface area contributed by atoms with Crippen LogP contribution < -0.4 is 5.32 Å². The van der Waals surface area contributed by atoms with E-state index < -0.39 is 0 Å². The molecule has 1 aliphatic carbocycles. The number of carbonyl (C=O) groups is 1. The standard InChI is InChI=1S/C11H14ClNO2/c12-10-3-1-2-8(10)6-13-11(14)9-4-5-15-7-9/h4-5,7-8,10H,1-3,6H2,(H,13,14). The minimum Gasteiger partial charge on any atom is -0.472 e. The van der Waals surface area contributed by atoms with Crippen LogP contribution in [0.5, 0.6) is 0 Å².